The fraction of sp³-hybridized carbons (Fsp3) is 0.250. The lowest BCUT2D eigenvalue weighted by Crippen LogP contribution is -2.17. The van der Waals surface area contributed by atoms with Crippen LogP contribution in [0.2, 0.25) is 5.02 Å². The SMILES string of the molecule is CCNC(C)c1ccc(Oc2ccc(I)cc2)cc1Cl. The number of nitrogens with one attached hydrogen (secondary N) is 1. The molecule has 1 atom stereocenters. The molecule has 2 rings (SSSR count). The first kappa shape index (κ1) is 15.6. The van der Waals surface area contributed by atoms with Gasteiger partial charge in [0.25, 0.3) is 0 Å². The molecular formula is C16H17ClINO. The third kappa shape index (κ3) is 4.11. The van der Waals surface area contributed by atoms with Gasteiger partial charge in [0.15, 0.2) is 0 Å². The number of ether oxygens (including phenoxy) is 1. The first-order valence-electron chi connectivity index (χ1n) is 6.56. The van der Waals surface area contributed by atoms with Crippen molar-refractivity contribution in [1.82, 2.24) is 5.32 Å². The average Bonchev–Trinajstić information content (AvgIpc) is 2.42. The molecule has 4 heteroatoms. The van der Waals surface area contributed by atoms with E-state index in [2.05, 4.69) is 41.8 Å². The highest BCUT2D eigenvalue weighted by molar-refractivity contribution is 14.1. The topological polar surface area (TPSA) is 21.3 Å². The van der Waals surface area contributed by atoms with Gasteiger partial charge in [0.2, 0.25) is 0 Å². The Kier molecular flexibility index (Phi) is 5.69. The Morgan fingerprint density at radius 2 is 1.80 bits per heavy atom. The lowest BCUT2D eigenvalue weighted by Gasteiger charge is -2.15. The molecule has 0 fully saturated rings. The highest BCUT2D eigenvalue weighted by Gasteiger charge is 2.09. The first-order chi connectivity index (χ1) is 9.60. The highest BCUT2D eigenvalue weighted by Crippen LogP contribution is 2.30. The minimum Gasteiger partial charge on any atom is -0.457 e. The molecule has 106 valence electrons. The van der Waals surface area contributed by atoms with Gasteiger partial charge >= 0.3 is 0 Å². The van der Waals surface area contributed by atoms with Gasteiger partial charge in [0, 0.05) is 14.6 Å². The third-order valence-corrected chi connectivity index (χ3v) is 4.04. The lowest BCUT2D eigenvalue weighted by atomic mass is 10.1. The van der Waals surface area contributed by atoms with E-state index in [1.54, 1.807) is 0 Å². The van der Waals surface area contributed by atoms with Crippen LogP contribution in [0.15, 0.2) is 42.5 Å². The van der Waals surface area contributed by atoms with E-state index in [0.717, 1.165) is 28.6 Å². The molecule has 2 nitrogen and oxygen atoms in total. The van der Waals surface area contributed by atoms with Crippen LogP contribution in [0.3, 0.4) is 0 Å². The van der Waals surface area contributed by atoms with Crippen molar-refractivity contribution in [2.45, 2.75) is 19.9 Å². The molecule has 0 radical (unpaired) electrons. The smallest absolute Gasteiger partial charge is 0.128 e. The van der Waals surface area contributed by atoms with Crippen molar-refractivity contribution in [1.29, 1.82) is 0 Å². The van der Waals surface area contributed by atoms with Crippen LogP contribution in [0.25, 0.3) is 0 Å². The Bertz CT molecular complexity index is 571. The Labute approximate surface area is 138 Å². The molecule has 0 aliphatic heterocycles. The van der Waals surface area contributed by atoms with Crippen LogP contribution in [-0.2, 0) is 0 Å². The molecule has 0 amide bonds. The summed E-state index contributed by atoms with van der Waals surface area (Å²) in [4.78, 5) is 0. The monoisotopic (exact) mass is 401 g/mol. The quantitative estimate of drug-likeness (QED) is 0.677. The van der Waals surface area contributed by atoms with Crippen molar-refractivity contribution in [3.05, 3.63) is 56.6 Å². The number of rotatable bonds is 5. The van der Waals surface area contributed by atoms with Crippen LogP contribution in [-0.4, -0.2) is 6.54 Å². The number of halogens is 2. The zero-order valence-electron chi connectivity index (χ0n) is 11.5. The van der Waals surface area contributed by atoms with E-state index >= 15 is 0 Å². The van der Waals surface area contributed by atoms with E-state index in [0.29, 0.717) is 0 Å². The summed E-state index contributed by atoms with van der Waals surface area (Å²) in [5, 5.41) is 4.08. The van der Waals surface area contributed by atoms with Crippen LogP contribution >= 0.6 is 34.2 Å². The summed E-state index contributed by atoms with van der Waals surface area (Å²) >= 11 is 8.60. The van der Waals surface area contributed by atoms with E-state index in [1.165, 1.54) is 3.57 Å². The third-order valence-electron chi connectivity index (χ3n) is 3.00. The molecule has 1 unspecified atom stereocenters. The molecule has 2 aromatic rings. The van der Waals surface area contributed by atoms with Gasteiger partial charge in [-0.3, -0.25) is 0 Å². The predicted octanol–water partition coefficient (Wildman–Crippen LogP) is 5.41. The van der Waals surface area contributed by atoms with Gasteiger partial charge < -0.3 is 10.1 Å². The second-order valence-electron chi connectivity index (χ2n) is 4.52. The zero-order valence-corrected chi connectivity index (χ0v) is 14.4. The molecule has 0 aliphatic rings. The molecule has 0 saturated carbocycles. The lowest BCUT2D eigenvalue weighted by molar-refractivity contribution is 0.482. The fourth-order valence-corrected chi connectivity index (χ4v) is 2.67. The summed E-state index contributed by atoms with van der Waals surface area (Å²) in [6.07, 6.45) is 0. The summed E-state index contributed by atoms with van der Waals surface area (Å²) in [5.74, 6) is 1.57. The van der Waals surface area contributed by atoms with Gasteiger partial charge in [-0.2, -0.15) is 0 Å². The second kappa shape index (κ2) is 7.29. The molecule has 2 aromatic carbocycles. The molecule has 0 saturated heterocycles. The minimum absolute atomic E-state index is 0.236. The maximum absolute atomic E-state index is 6.33. The van der Waals surface area contributed by atoms with Gasteiger partial charge in [-0.25, -0.2) is 0 Å². The minimum atomic E-state index is 0.236. The van der Waals surface area contributed by atoms with Gasteiger partial charge in [0.05, 0.1) is 0 Å². The van der Waals surface area contributed by atoms with Gasteiger partial charge in [-0.15, -0.1) is 0 Å². The number of hydrogen-bond donors (Lipinski definition) is 1. The standard InChI is InChI=1S/C16H17ClINO/c1-3-19-11(2)15-9-8-14(10-16(15)17)20-13-6-4-12(18)5-7-13/h4-11,19H,3H2,1-2H3. The average molecular weight is 402 g/mol. The van der Waals surface area contributed by atoms with Crippen molar-refractivity contribution >= 4 is 34.2 Å². The highest BCUT2D eigenvalue weighted by atomic mass is 127. The summed E-state index contributed by atoms with van der Waals surface area (Å²) in [6, 6.07) is 14.0. The van der Waals surface area contributed by atoms with Crippen molar-refractivity contribution < 1.29 is 4.74 Å². The van der Waals surface area contributed by atoms with Gasteiger partial charge in [0.1, 0.15) is 11.5 Å². The molecule has 0 heterocycles. The van der Waals surface area contributed by atoms with Crippen LogP contribution in [0, 0.1) is 3.57 Å². The summed E-state index contributed by atoms with van der Waals surface area (Å²) < 4.78 is 6.98. The van der Waals surface area contributed by atoms with Crippen molar-refractivity contribution in [2.75, 3.05) is 6.54 Å². The van der Waals surface area contributed by atoms with Crippen molar-refractivity contribution in [2.24, 2.45) is 0 Å². The van der Waals surface area contributed by atoms with Crippen LogP contribution in [0.5, 0.6) is 11.5 Å². The van der Waals surface area contributed by atoms with Crippen LogP contribution < -0.4 is 10.1 Å². The summed E-state index contributed by atoms with van der Waals surface area (Å²) in [6.45, 7) is 5.10. The summed E-state index contributed by atoms with van der Waals surface area (Å²) in [7, 11) is 0. The molecule has 0 bridgehead atoms. The first-order valence-corrected chi connectivity index (χ1v) is 8.02. The van der Waals surface area contributed by atoms with Crippen molar-refractivity contribution in [3.8, 4) is 11.5 Å². The second-order valence-corrected chi connectivity index (χ2v) is 6.17. The van der Waals surface area contributed by atoms with Crippen LogP contribution in [0.4, 0.5) is 0 Å². The Balaban J connectivity index is 2.14. The fourth-order valence-electron chi connectivity index (χ4n) is 1.98. The van der Waals surface area contributed by atoms with Crippen molar-refractivity contribution in [3.63, 3.8) is 0 Å². The maximum atomic E-state index is 6.33. The van der Waals surface area contributed by atoms with E-state index in [9.17, 15) is 0 Å². The predicted molar refractivity (Wildman–Crippen MR) is 92.8 cm³/mol. The van der Waals surface area contributed by atoms with Gasteiger partial charge in [-0.1, -0.05) is 24.6 Å². The number of benzene rings is 2. The molecule has 20 heavy (non-hydrogen) atoms. The molecule has 0 aliphatic carbocycles. The van der Waals surface area contributed by atoms with Gasteiger partial charge in [-0.05, 0) is 78.0 Å². The molecule has 0 aromatic heterocycles. The molecule has 0 spiro atoms. The number of hydrogen-bond acceptors (Lipinski definition) is 2. The largest absolute Gasteiger partial charge is 0.457 e. The van der Waals surface area contributed by atoms with E-state index < -0.39 is 0 Å². The Morgan fingerprint density at radius 1 is 1.15 bits per heavy atom. The van der Waals surface area contributed by atoms with E-state index in [-0.39, 0.29) is 6.04 Å². The molecular weight excluding hydrogens is 385 g/mol. The summed E-state index contributed by atoms with van der Waals surface area (Å²) in [5.41, 5.74) is 1.09. The normalized spacial score (nSPS) is 12.2. The van der Waals surface area contributed by atoms with Crippen LogP contribution in [0.1, 0.15) is 25.5 Å². The zero-order chi connectivity index (χ0) is 14.5. The Hall–Kier alpha value is -0.780. The van der Waals surface area contributed by atoms with E-state index in [4.69, 9.17) is 16.3 Å². The Morgan fingerprint density at radius 3 is 2.40 bits per heavy atom. The molecule has 1 N–H and O–H groups in total. The van der Waals surface area contributed by atoms with E-state index in [1.807, 2.05) is 42.5 Å². The maximum Gasteiger partial charge on any atom is 0.128 e.